The van der Waals surface area contributed by atoms with Crippen molar-refractivity contribution >= 4 is 34.9 Å². The minimum Gasteiger partial charge on any atom is -0.392 e. The Labute approximate surface area is 249 Å². The highest BCUT2D eigenvalue weighted by Crippen LogP contribution is 2.34. The average molecular weight is 584 g/mol. The number of aliphatic hydroxyl groups excluding tert-OH is 1. The number of halogens is 1. The van der Waals surface area contributed by atoms with Gasteiger partial charge in [-0.15, -0.1) is 0 Å². The number of hydrogen-bond donors (Lipinski definition) is 3. The molecule has 9 nitrogen and oxygen atoms in total. The number of fused-ring (bicyclic) bond motifs is 5. The Morgan fingerprint density at radius 1 is 0.907 bits per heavy atom. The summed E-state index contributed by atoms with van der Waals surface area (Å²) in [4.78, 5) is 48.9. The second-order valence-corrected chi connectivity index (χ2v) is 11.4. The summed E-state index contributed by atoms with van der Waals surface area (Å²) in [5.74, 6) is -0.372. The lowest BCUT2D eigenvalue weighted by molar-refractivity contribution is -0.132. The van der Waals surface area contributed by atoms with Crippen LogP contribution in [0.4, 0.5) is 20.6 Å². The van der Waals surface area contributed by atoms with Crippen molar-refractivity contribution in [1.29, 1.82) is 0 Å². The van der Waals surface area contributed by atoms with Gasteiger partial charge in [0, 0.05) is 29.9 Å². The van der Waals surface area contributed by atoms with Crippen LogP contribution in [-0.2, 0) is 16.2 Å². The Hall–Kier alpha value is -4.57. The normalized spacial score (nSPS) is 21.4. The molecule has 3 aliphatic heterocycles. The van der Waals surface area contributed by atoms with Crippen LogP contribution in [0.25, 0.3) is 0 Å². The predicted molar refractivity (Wildman–Crippen MR) is 161 cm³/mol. The first-order valence-electron chi connectivity index (χ1n) is 14.7. The van der Waals surface area contributed by atoms with E-state index in [1.807, 2.05) is 4.90 Å². The summed E-state index contributed by atoms with van der Waals surface area (Å²) in [5.41, 5.74) is 2.27. The summed E-state index contributed by atoms with van der Waals surface area (Å²) in [5, 5.41) is 14.8. The molecule has 3 heterocycles. The number of aliphatic imine (C=N–C) groups is 1. The highest BCUT2D eigenvalue weighted by Gasteiger charge is 2.37. The van der Waals surface area contributed by atoms with Crippen molar-refractivity contribution < 1.29 is 23.9 Å². The lowest BCUT2D eigenvalue weighted by Crippen LogP contribution is -2.51. The quantitative estimate of drug-likeness (QED) is 0.402. The van der Waals surface area contributed by atoms with Gasteiger partial charge in [-0.2, -0.15) is 0 Å². The molecule has 3 aromatic carbocycles. The average Bonchev–Trinajstić information content (AvgIpc) is 3.40. The first kappa shape index (κ1) is 28.5. The molecule has 1 aliphatic carbocycles. The van der Waals surface area contributed by atoms with Crippen molar-refractivity contribution in [2.75, 3.05) is 29.9 Å². The van der Waals surface area contributed by atoms with Crippen LogP contribution in [0.1, 0.15) is 42.4 Å². The first-order valence-corrected chi connectivity index (χ1v) is 14.7. The number of nitrogens with zero attached hydrogens (tertiary/aromatic N) is 3. The number of benzene rings is 3. The van der Waals surface area contributed by atoms with Crippen molar-refractivity contribution in [3.8, 4) is 0 Å². The predicted octanol–water partition coefficient (Wildman–Crippen LogP) is 4.30. The van der Waals surface area contributed by atoms with E-state index in [9.17, 15) is 19.5 Å². The molecule has 1 atom stereocenters. The van der Waals surface area contributed by atoms with E-state index in [2.05, 4.69) is 15.6 Å². The second-order valence-electron chi connectivity index (χ2n) is 11.4. The maximum Gasteiger partial charge on any atom is 0.321 e. The molecule has 222 valence electrons. The fourth-order valence-corrected chi connectivity index (χ4v) is 6.33. The van der Waals surface area contributed by atoms with Gasteiger partial charge in [0.05, 0.1) is 18.0 Å². The summed E-state index contributed by atoms with van der Waals surface area (Å²) < 4.78 is 15.2. The summed E-state index contributed by atoms with van der Waals surface area (Å²) in [6.07, 6.45) is 3.00. The van der Waals surface area contributed by atoms with E-state index >= 15 is 4.39 Å². The Kier molecular flexibility index (Phi) is 8.20. The van der Waals surface area contributed by atoms with Crippen LogP contribution in [0.15, 0.2) is 77.8 Å². The fourth-order valence-electron chi connectivity index (χ4n) is 6.33. The summed E-state index contributed by atoms with van der Waals surface area (Å²) in [7, 11) is 0. The number of para-hydroxylation sites is 1. The number of carbonyl (C=O) groups is 3. The van der Waals surface area contributed by atoms with Crippen LogP contribution in [-0.4, -0.2) is 59.4 Å². The molecule has 4 amide bonds. The third-order valence-electron chi connectivity index (χ3n) is 8.54. The van der Waals surface area contributed by atoms with E-state index in [0.29, 0.717) is 47.4 Å². The van der Waals surface area contributed by atoms with Gasteiger partial charge < -0.3 is 20.6 Å². The van der Waals surface area contributed by atoms with Gasteiger partial charge in [0.25, 0.3) is 5.91 Å². The molecule has 10 heteroatoms. The lowest BCUT2D eigenvalue weighted by Gasteiger charge is -2.29. The maximum atomic E-state index is 15.2. The van der Waals surface area contributed by atoms with Gasteiger partial charge in [0.15, 0.2) is 0 Å². The monoisotopic (exact) mass is 583 g/mol. The molecule has 3 aromatic rings. The zero-order chi connectivity index (χ0) is 29.9. The topological polar surface area (TPSA) is 114 Å². The Morgan fingerprint density at radius 3 is 2.28 bits per heavy atom. The van der Waals surface area contributed by atoms with Crippen molar-refractivity contribution in [2.45, 2.75) is 38.5 Å². The van der Waals surface area contributed by atoms with Gasteiger partial charge in [-0.3, -0.25) is 14.5 Å². The van der Waals surface area contributed by atoms with Crippen LogP contribution in [0.3, 0.4) is 0 Å². The van der Waals surface area contributed by atoms with Crippen LogP contribution < -0.4 is 15.5 Å². The summed E-state index contributed by atoms with van der Waals surface area (Å²) >= 11 is 0. The minimum atomic E-state index is -1.45. The SMILES string of the molecule is O=C(Nc1cccc(CO)c1)NC1N=C(c2ccccc2F)c2ccccc2N(CC(=O)N2CC3CCC(CC3)C2)C1=O. The Morgan fingerprint density at radius 2 is 1.58 bits per heavy atom. The van der Waals surface area contributed by atoms with E-state index in [1.165, 1.54) is 11.0 Å². The molecule has 1 saturated carbocycles. The molecule has 3 fully saturated rings. The third-order valence-corrected chi connectivity index (χ3v) is 8.54. The number of carbonyl (C=O) groups excluding carboxylic acids is 3. The number of benzodiazepines with no additional fused rings is 1. The maximum absolute atomic E-state index is 15.2. The molecule has 0 spiro atoms. The zero-order valence-electron chi connectivity index (χ0n) is 23.7. The number of rotatable bonds is 6. The molecule has 4 aliphatic rings. The number of aliphatic hydroxyl groups is 1. The molecule has 1 unspecified atom stereocenters. The molecule has 7 rings (SSSR count). The van der Waals surface area contributed by atoms with Crippen LogP contribution in [0.2, 0.25) is 0 Å². The number of urea groups is 1. The van der Waals surface area contributed by atoms with Crippen LogP contribution in [0.5, 0.6) is 0 Å². The smallest absolute Gasteiger partial charge is 0.321 e. The lowest BCUT2D eigenvalue weighted by atomic mass is 9.84. The van der Waals surface area contributed by atoms with Gasteiger partial charge in [-0.05, 0) is 73.4 Å². The zero-order valence-corrected chi connectivity index (χ0v) is 23.7. The van der Waals surface area contributed by atoms with Crippen molar-refractivity contribution in [3.05, 3.63) is 95.3 Å². The van der Waals surface area contributed by atoms with Gasteiger partial charge in [-0.25, -0.2) is 14.2 Å². The van der Waals surface area contributed by atoms with E-state index in [0.717, 1.165) is 25.7 Å². The molecule has 2 bridgehead atoms. The molecular weight excluding hydrogens is 549 g/mol. The van der Waals surface area contributed by atoms with E-state index in [1.54, 1.807) is 66.7 Å². The van der Waals surface area contributed by atoms with Gasteiger partial charge in [0.2, 0.25) is 12.1 Å². The largest absolute Gasteiger partial charge is 0.392 e. The second kappa shape index (κ2) is 12.3. The van der Waals surface area contributed by atoms with Crippen molar-refractivity contribution in [1.82, 2.24) is 10.2 Å². The molecular formula is C33H34FN5O4. The Balaban J connectivity index is 1.35. The first-order chi connectivity index (χ1) is 20.9. The highest BCUT2D eigenvalue weighted by molar-refractivity contribution is 6.21. The number of nitrogens with one attached hydrogen (secondary N) is 2. The van der Waals surface area contributed by atoms with Gasteiger partial charge in [-0.1, -0.05) is 42.5 Å². The fraction of sp³-hybridized carbons (Fsp3) is 0.333. The molecule has 43 heavy (non-hydrogen) atoms. The number of anilines is 2. The van der Waals surface area contributed by atoms with E-state index in [-0.39, 0.29) is 30.3 Å². The minimum absolute atomic E-state index is 0.166. The molecule has 0 radical (unpaired) electrons. The van der Waals surface area contributed by atoms with Crippen molar-refractivity contribution in [3.63, 3.8) is 0 Å². The summed E-state index contributed by atoms with van der Waals surface area (Å²) in [6.45, 7) is 0.919. The molecule has 2 saturated heterocycles. The van der Waals surface area contributed by atoms with Gasteiger partial charge in [0.1, 0.15) is 12.4 Å². The highest BCUT2D eigenvalue weighted by atomic mass is 19.1. The number of amides is 4. The van der Waals surface area contributed by atoms with Crippen LogP contribution >= 0.6 is 0 Å². The molecule has 0 aromatic heterocycles. The van der Waals surface area contributed by atoms with Gasteiger partial charge >= 0.3 is 6.03 Å². The standard InChI is InChI=1S/C33H34FN5O4/c34-27-10-3-1-8-25(27)30-26-9-2-4-11-28(26)39(19-29(41)38-17-21-12-13-22(18-38)15-14-21)32(42)31(36-30)37-33(43)35-24-7-5-6-23(16-24)20-40/h1-11,16,21-22,31,40H,12-15,17-20H2,(H2,35,37,43). The van der Waals surface area contributed by atoms with E-state index < -0.39 is 23.9 Å². The van der Waals surface area contributed by atoms with Crippen molar-refractivity contribution in [2.24, 2.45) is 16.8 Å². The van der Waals surface area contributed by atoms with Crippen LogP contribution in [0, 0.1) is 17.7 Å². The Bertz CT molecular complexity index is 1550. The third kappa shape index (κ3) is 6.15. The number of hydrogen-bond acceptors (Lipinski definition) is 5. The summed E-state index contributed by atoms with van der Waals surface area (Å²) in [6, 6.07) is 19.0. The molecule has 3 N–H and O–H groups in total. The van der Waals surface area contributed by atoms with E-state index in [4.69, 9.17) is 0 Å².